The lowest BCUT2D eigenvalue weighted by Gasteiger charge is -2.17. The number of methoxy groups -OCH3 is 1. The van der Waals surface area contributed by atoms with E-state index in [2.05, 4.69) is 15.0 Å². The number of hydrogen-bond donors (Lipinski definition) is 1. The molecule has 1 fully saturated rings. The SMILES string of the molecule is COCc1ccc(C(=O)N2CC[C@@H](c3cc(=O)[nH]c(-c4cccnc4)n3)C2)cc1. The molecule has 1 aromatic carbocycles. The molecule has 4 rings (SSSR count). The molecule has 3 aromatic rings. The van der Waals surface area contributed by atoms with Crippen LogP contribution in [0.25, 0.3) is 11.4 Å². The Hall–Kier alpha value is -3.32. The number of ether oxygens (including phenoxy) is 1. The number of carbonyl (C=O) groups is 1. The van der Waals surface area contributed by atoms with Crippen LogP contribution in [0.1, 0.15) is 34.0 Å². The zero-order valence-electron chi connectivity index (χ0n) is 16.2. The summed E-state index contributed by atoms with van der Waals surface area (Å²) in [5.41, 5.74) is 2.94. The highest BCUT2D eigenvalue weighted by Gasteiger charge is 2.29. The van der Waals surface area contributed by atoms with Crippen LogP contribution < -0.4 is 5.56 Å². The first kappa shape index (κ1) is 19.0. The van der Waals surface area contributed by atoms with Crippen LogP contribution in [-0.4, -0.2) is 46.0 Å². The first-order chi connectivity index (χ1) is 14.1. The van der Waals surface area contributed by atoms with Gasteiger partial charge in [-0.3, -0.25) is 14.6 Å². The minimum atomic E-state index is -0.202. The Labute approximate surface area is 168 Å². The zero-order chi connectivity index (χ0) is 20.2. The number of aromatic amines is 1. The van der Waals surface area contributed by atoms with Crippen molar-refractivity contribution in [1.82, 2.24) is 19.9 Å². The van der Waals surface area contributed by atoms with Gasteiger partial charge in [0, 0.05) is 55.7 Å². The van der Waals surface area contributed by atoms with Crippen LogP contribution in [0.3, 0.4) is 0 Å². The lowest BCUT2D eigenvalue weighted by atomic mass is 10.0. The molecule has 7 heteroatoms. The molecule has 1 aliphatic heterocycles. The average molecular weight is 390 g/mol. The van der Waals surface area contributed by atoms with Gasteiger partial charge in [-0.15, -0.1) is 0 Å². The fraction of sp³-hybridized carbons (Fsp3) is 0.273. The van der Waals surface area contributed by atoms with Gasteiger partial charge in [-0.2, -0.15) is 0 Å². The number of likely N-dealkylation sites (tertiary alicyclic amines) is 1. The molecule has 1 atom stereocenters. The molecule has 7 nitrogen and oxygen atoms in total. The summed E-state index contributed by atoms with van der Waals surface area (Å²) in [6.45, 7) is 1.70. The number of benzene rings is 1. The van der Waals surface area contributed by atoms with Crippen molar-refractivity contribution in [2.75, 3.05) is 20.2 Å². The van der Waals surface area contributed by atoms with Crippen molar-refractivity contribution in [3.63, 3.8) is 0 Å². The number of hydrogen-bond acceptors (Lipinski definition) is 5. The van der Waals surface area contributed by atoms with E-state index < -0.39 is 0 Å². The van der Waals surface area contributed by atoms with Crippen molar-refractivity contribution in [3.05, 3.63) is 82.0 Å². The molecule has 148 valence electrons. The molecule has 0 aliphatic carbocycles. The van der Waals surface area contributed by atoms with Crippen LogP contribution in [0, 0.1) is 0 Å². The molecule has 0 radical (unpaired) electrons. The summed E-state index contributed by atoms with van der Waals surface area (Å²) in [5.74, 6) is 0.525. The molecule has 29 heavy (non-hydrogen) atoms. The molecular weight excluding hydrogens is 368 g/mol. The fourth-order valence-electron chi connectivity index (χ4n) is 3.60. The molecule has 1 aliphatic rings. The van der Waals surface area contributed by atoms with E-state index in [0.717, 1.165) is 17.5 Å². The number of nitrogens with zero attached hydrogens (tertiary/aromatic N) is 3. The Balaban J connectivity index is 1.50. The summed E-state index contributed by atoms with van der Waals surface area (Å²) in [7, 11) is 1.64. The largest absolute Gasteiger partial charge is 0.380 e. The molecule has 0 unspecified atom stereocenters. The van der Waals surface area contributed by atoms with Gasteiger partial charge in [-0.05, 0) is 36.2 Å². The summed E-state index contributed by atoms with van der Waals surface area (Å²) in [5, 5.41) is 0. The summed E-state index contributed by atoms with van der Waals surface area (Å²) in [6.07, 6.45) is 4.12. The zero-order valence-corrected chi connectivity index (χ0v) is 16.2. The van der Waals surface area contributed by atoms with Gasteiger partial charge < -0.3 is 14.6 Å². The van der Waals surface area contributed by atoms with E-state index in [4.69, 9.17) is 4.74 Å². The number of carbonyl (C=O) groups excluding carboxylic acids is 1. The summed E-state index contributed by atoms with van der Waals surface area (Å²) < 4.78 is 5.11. The Morgan fingerprint density at radius 2 is 2.10 bits per heavy atom. The van der Waals surface area contributed by atoms with Gasteiger partial charge in [-0.25, -0.2) is 4.98 Å². The highest BCUT2D eigenvalue weighted by molar-refractivity contribution is 5.94. The van der Waals surface area contributed by atoms with E-state index in [9.17, 15) is 9.59 Å². The third-order valence-electron chi connectivity index (χ3n) is 5.10. The highest BCUT2D eigenvalue weighted by Crippen LogP contribution is 2.27. The molecule has 0 spiro atoms. The van der Waals surface area contributed by atoms with E-state index in [-0.39, 0.29) is 17.4 Å². The topological polar surface area (TPSA) is 88.2 Å². The van der Waals surface area contributed by atoms with Gasteiger partial charge >= 0.3 is 0 Å². The van der Waals surface area contributed by atoms with Crippen molar-refractivity contribution in [2.45, 2.75) is 18.9 Å². The maximum absolute atomic E-state index is 12.8. The molecule has 1 amide bonds. The predicted octanol–water partition coefficient (Wildman–Crippen LogP) is 2.61. The number of rotatable bonds is 5. The lowest BCUT2D eigenvalue weighted by molar-refractivity contribution is 0.0790. The van der Waals surface area contributed by atoms with Gasteiger partial charge in [0.2, 0.25) is 0 Å². The number of amides is 1. The van der Waals surface area contributed by atoms with Gasteiger partial charge in [-0.1, -0.05) is 12.1 Å². The first-order valence-electron chi connectivity index (χ1n) is 9.53. The molecule has 0 bridgehead atoms. The summed E-state index contributed by atoms with van der Waals surface area (Å²) >= 11 is 0. The third kappa shape index (κ3) is 4.25. The second-order valence-electron chi connectivity index (χ2n) is 7.13. The monoisotopic (exact) mass is 390 g/mol. The van der Waals surface area contributed by atoms with E-state index >= 15 is 0 Å². The van der Waals surface area contributed by atoms with Crippen LogP contribution in [-0.2, 0) is 11.3 Å². The molecule has 2 aromatic heterocycles. The predicted molar refractivity (Wildman–Crippen MR) is 109 cm³/mol. The van der Waals surface area contributed by atoms with Crippen LogP contribution in [0.15, 0.2) is 59.7 Å². The highest BCUT2D eigenvalue weighted by atomic mass is 16.5. The maximum Gasteiger partial charge on any atom is 0.253 e. The minimum Gasteiger partial charge on any atom is -0.380 e. The van der Waals surface area contributed by atoms with Gasteiger partial charge in [0.1, 0.15) is 5.82 Å². The maximum atomic E-state index is 12.8. The Kier molecular flexibility index (Phi) is 5.48. The van der Waals surface area contributed by atoms with Crippen molar-refractivity contribution < 1.29 is 9.53 Å². The normalized spacial score (nSPS) is 16.2. The van der Waals surface area contributed by atoms with E-state index in [1.54, 1.807) is 25.6 Å². The van der Waals surface area contributed by atoms with Crippen molar-refractivity contribution in [2.24, 2.45) is 0 Å². The van der Waals surface area contributed by atoms with E-state index in [1.165, 1.54) is 6.07 Å². The summed E-state index contributed by atoms with van der Waals surface area (Å²) in [4.78, 5) is 38.3. The first-order valence-corrected chi connectivity index (χ1v) is 9.53. The van der Waals surface area contributed by atoms with Crippen LogP contribution in [0.5, 0.6) is 0 Å². The van der Waals surface area contributed by atoms with Crippen LogP contribution in [0.4, 0.5) is 0 Å². The Morgan fingerprint density at radius 1 is 1.28 bits per heavy atom. The Morgan fingerprint density at radius 3 is 2.83 bits per heavy atom. The smallest absolute Gasteiger partial charge is 0.253 e. The van der Waals surface area contributed by atoms with Gasteiger partial charge in [0.25, 0.3) is 11.5 Å². The molecular formula is C22H22N4O3. The Bertz CT molecular complexity index is 1050. The second-order valence-corrected chi connectivity index (χ2v) is 7.13. The van der Waals surface area contributed by atoms with Crippen LogP contribution >= 0.6 is 0 Å². The van der Waals surface area contributed by atoms with Gasteiger partial charge in [0.15, 0.2) is 0 Å². The number of nitrogens with one attached hydrogen (secondary N) is 1. The molecule has 1 N–H and O–H groups in total. The second kappa shape index (κ2) is 8.36. The number of aromatic nitrogens is 3. The third-order valence-corrected chi connectivity index (χ3v) is 5.10. The molecule has 0 saturated carbocycles. The number of pyridine rings is 1. The van der Waals surface area contributed by atoms with Crippen molar-refractivity contribution >= 4 is 5.91 Å². The summed E-state index contributed by atoms with van der Waals surface area (Å²) in [6, 6.07) is 12.7. The fourth-order valence-corrected chi connectivity index (χ4v) is 3.60. The standard InChI is InChI=1S/C22H22N4O3/c1-29-14-15-4-6-16(7-5-15)22(28)26-10-8-18(13-26)19-11-20(27)25-21(24-19)17-3-2-9-23-12-17/h2-7,9,11-12,18H,8,10,13-14H2,1H3,(H,24,25,27)/t18-/m1/s1. The van der Waals surface area contributed by atoms with Gasteiger partial charge in [0.05, 0.1) is 12.3 Å². The minimum absolute atomic E-state index is 0.00575. The van der Waals surface area contributed by atoms with Crippen LogP contribution in [0.2, 0.25) is 0 Å². The lowest BCUT2D eigenvalue weighted by Crippen LogP contribution is -2.28. The molecule has 3 heterocycles. The average Bonchev–Trinajstić information content (AvgIpc) is 3.25. The quantitative estimate of drug-likeness (QED) is 0.723. The van der Waals surface area contributed by atoms with E-state index in [1.807, 2.05) is 35.2 Å². The van der Waals surface area contributed by atoms with Crippen molar-refractivity contribution in [1.29, 1.82) is 0 Å². The van der Waals surface area contributed by atoms with Crippen molar-refractivity contribution in [3.8, 4) is 11.4 Å². The van der Waals surface area contributed by atoms with E-state index in [0.29, 0.717) is 36.8 Å². The number of H-pyrrole nitrogens is 1. The molecule has 1 saturated heterocycles.